The second-order valence-corrected chi connectivity index (χ2v) is 7.06. The molecule has 0 radical (unpaired) electrons. The Labute approximate surface area is 161 Å². The van der Waals surface area contributed by atoms with Gasteiger partial charge in [0.1, 0.15) is 38.1 Å². The molecule has 1 unspecified atom stereocenters. The number of quaternary nitrogens is 1. The van der Waals surface area contributed by atoms with Crippen molar-refractivity contribution in [3.05, 3.63) is 102 Å². The molecule has 0 amide bonds. The molecule has 2 N–H and O–H groups in total. The lowest BCUT2D eigenvalue weighted by molar-refractivity contribution is -0.930. The molecule has 0 saturated carbocycles. The van der Waals surface area contributed by atoms with Crippen LogP contribution in [0.25, 0.3) is 0 Å². The van der Waals surface area contributed by atoms with Gasteiger partial charge in [-0.2, -0.15) is 0 Å². The van der Waals surface area contributed by atoms with E-state index in [9.17, 15) is 5.11 Å². The maximum absolute atomic E-state index is 10.5. The van der Waals surface area contributed by atoms with E-state index < -0.39 is 6.10 Å². The van der Waals surface area contributed by atoms with Crippen molar-refractivity contribution < 1.29 is 14.7 Å². The third-order valence-electron chi connectivity index (χ3n) is 4.58. The first kappa shape index (κ1) is 19.2. The van der Waals surface area contributed by atoms with Crippen molar-refractivity contribution in [2.45, 2.75) is 26.1 Å². The van der Waals surface area contributed by atoms with Gasteiger partial charge in [-0.3, -0.25) is 0 Å². The Kier molecular flexibility index (Phi) is 7.03. The molecule has 3 rings (SSSR count). The van der Waals surface area contributed by atoms with Gasteiger partial charge in [-0.1, -0.05) is 78.4 Å². The van der Waals surface area contributed by atoms with Crippen LogP contribution >= 0.6 is 0 Å². The van der Waals surface area contributed by atoms with E-state index in [1.54, 1.807) is 0 Å². The van der Waals surface area contributed by atoms with Crippen LogP contribution in [0.2, 0.25) is 0 Å². The molecule has 0 saturated heterocycles. The van der Waals surface area contributed by atoms with Crippen molar-refractivity contribution in [3.63, 3.8) is 0 Å². The van der Waals surface area contributed by atoms with Crippen LogP contribution in [-0.4, -0.2) is 24.4 Å². The summed E-state index contributed by atoms with van der Waals surface area (Å²) in [6, 6.07) is 28.8. The molecular weight excluding hydrogens is 334 g/mol. The summed E-state index contributed by atoms with van der Waals surface area (Å²) in [5, 5.41) is 10.5. The summed E-state index contributed by atoms with van der Waals surface area (Å²) in [5.41, 5.74) is 3.74. The highest BCUT2D eigenvalue weighted by molar-refractivity contribution is 5.26. The minimum atomic E-state index is -0.520. The minimum Gasteiger partial charge on any atom is -0.491 e. The van der Waals surface area contributed by atoms with Crippen LogP contribution in [-0.2, 0) is 13.1 Å². The normalized spacial score (nSPS) is 12.1. The molecule has 3 heteroatoms. The molecule has 0 aromatic heterocycles. The quantitative estimate of drug-likeness (QED) is 0.614. The Balaban J connectivity index is 1.59. The molecule has 3 aromatic carbocycles. The Morgan fingerprint density at radius 3 is 1.81 bits per heavy atom. The summed E-state index contributed by atoms with van der Waals surface area (Å²) in [5.74, 6) is 0.798. The monoisotopic (exact) mass is 362 g/mol. The molecular formula is C24H28NO2+. The van der Waals surface area contributed by atoms with Crippen LogP contribution < -0.4 is 9.64 Å². The van der Waals surface area contributed by atoms with E-state index in [4.69, 9.17) is 4.74 Å². The predicted molar refractivity (Wildman–Crippen MR) is 109 cm³/mol. The molecule has 140 valence electrons. The van der Waals surface area contributed by atoms with Gasteiger partial charge in [0, 0.05) is 11.1 Å². The molecule has 0 heterocycles. The van der Waals surface area contributed by atoms with Crippen molar-refractivity contribution in [2.24, 2.45) is 0 Å². The largest absolute Gasteiger partial charge is 0.491 e. The molecule has 0 fully saturated rings. The zero-order valence-electron chi connectivity index (χ0n) is 15.8. The number of benzene rings is 3. The minimum absolute atomic E-state index is 0.302. The number of ether oxygens (including phenoxy) is 1. The topological polar surface area (TPSA) is 33.9 Å². The second-order valence-electron chi connectivity index (χ2n) is 7.06. The van der Waals surface area contributed by atoms with E-state index in [1.807, 2.05) is 43.3 Å². The molecule has 27 heavy (non-hydrogen) atoms. The highest BCUT2D eigenvalue weighted by atomic mass is 16.5. The number of nitrogens with one attached hydrogen (secondary N) is 1. The van der Waals surface area contributed by atoms with E-state index in [0.717, 1.165) is 18.8 Å². The van der Waals surface area contributed by atoms with Crippen LogP contribution in [0.4, 0.5) is 0 Å². The molecule has 0 aliphatic rings. The van der Waals surface area contributed by atoms with E-state index in [0.29, 0.717) is 13.2 Å². The lowest BCUT2D eigenvalue weighted by Crippen LogP contribution is -3.10. The standard InChI is InChI=1S/C24H27NO2/c1-20-12-14-24(15-13-20)27-19-23(26)18-25(16-21-8-4-2-5-9-21)17-22-10-6-3-7-11-22/h2-15,23,26H,16-19H2,1H3/p+1. The zero-order valence-corrected chi connectivity index (χ0v) is 15.8. The van der Waals surface area contributed by atoms with Gasteiger partial charge in [0.05, 0.1) is 0 Å². The Hall–Kier alpha value is -2.62. The van der Waals surface area contributed by atoms with Crippen LogP contribution in [0.15, 0.2) is 84.9 Å². The van der Waals surface area contributed by atoms with Gasteiger partial charge in [0.15, 0.2) is 0 Å². The number of hydrogen-bond donors (Lipinski definition) is 2. The van der Waals surface area contributed by atoms with Gasteiger partial charge in [-0.05, 0) is 19.1 Å². The summed E-state index contributed by atoms with van der Waals surface area (Å²) in [6.07, 6.45) is -0.520. The smallest absolute Gasteiger partial charge is 0.137 e. The number of rotatable bonds is 9. The van der Waals surface area contributed by atoms with Crippen LogP contribution in [0.1, 0.15) is 16.7 Å². The lowest BCUT2D eigenvalue weighted by Gasteiger charge is -2.23. The predicted octanol–water partition coefficient (Wildman–Crippen LogP) is 3.02. The average molecular weight is 362 g/mol. The number of aryl methyl sites for hydroxylation is 1. The number of hydrogen-bond acceptors (Lipinski definition) is 2. The summed E-state index contributed by atoms with van der Waals surface area (Å²) >= 11 is 0. The zero-order chi connectivity index (χ0) is 18.9. The number of aliphatic hydroxyl groups is 1. The Morgan fingerprint density at radius 1 is 0.778 bits per heavy atom. The van der Waals surface area contributed by atoms with Gasteiger partial charge >= 0.3 is 0 Å². The van der Waals surface area contributed by atoms with E-state index in [2.05, 4.69) is 48.5 Å². The van der Waals surface area contributed by atoms with E-state index >= 15 is 0 Å². The molecule has 3 aromatic rings. The molecule has 0 bridgehead atoms. The summed E-state index contributed by atoms with van der Waals surface area (Å²) in [4.78, 5) is 1.31. The molecule has 0 aliphatic heterocycles. The summed E-state index contributed by atoms with van der Waals surface area (Å²) < 4.78 is 5.76. The second kappa shape index (κ2) is 9.91. The third-order valence-corrected chi connectivity index (χ3v) is 4.58. The first-order chi connectivity index (χ1) is 13.2. The molecule has 1 atom stereocenters. The highest BCUT2D eigenvalue weighted by Crippen LogP contribution is 2.11. The lowest BCUT2D eigenvalue weighted by atomic mass is 10.1. The maximum atomic E-state index is 10.5. The average Bonchev–Trinajstić information content (AvgIpc) is 2.69. The fourth-order valence-electron chi connectivity index (χ4n) is 3.19. The maximum Gasteiger partial charge on any atom is 0.137 e. The molecule has 0 spiro atoms. The molecule has 0 aliphatic carbocycles. The van der Waals surface area contributed by atoms with Gasteiger partial charge in [0.25, 0.3) is 0 Å². The Bertz CT molecular complexity index is 746. The fourth-order valence-corrected chi connectivity index (χ4v) is 3.19. The van der Waals surface area contributed by atoms with Crippen molar-refractivity contribution in [1.82, 2.24) is 0 Å². The van der Waals surface area contributed by atoms with Gasteiger partial charge in [-0.25, -0.2) is 0 Å². The fraction of sp³-hybridized carbons (Fsp3) is 0.250. The van der Waals surface area contributed by atoms with Gasteiger partial charge < -0.3 is 14.7 Å². The summed E-state index contributed by atoms with van der Waals surface area (Å²) in [6.45, 7) is 4.73. The third kappa shape index (κ3) is 6.55. The molecule has 3 nitrogen and oxygen atoms in total. The number of aliphatic hydroxyl groups excluding tert-OH is 1. The van der Waals surface area contributed by atoms with Crippen LogP contribution in [0, 0.1) is 6.92 Å². The van der Waals surface area contributed by atoms with E-state index in [-0.39, 0.29) is 0 Å². The van der Waals surface area contributed by atoms with Gasteiger partial charge in [-0.15, -0.1) is 0 Å². The van der Waals surface area contributed by atoms with Crippen molar-refractivity contribution in [1.29, 1.82) is 0 Å². The SMILES string of the molecule is Cc1ccc(OCC(O)C[NH+](Cc2ccccc2)Cc2ccccc2)cc1. The first-order valence-electron chi connectivity index (χ1n) is 9.48. The van der Waals surface area contributed by atoms with Crippen molar-refractivity contribution in [2.75, 3.05) is 13.2 Å². The van der Waals surface area contributed by atoms with E-state index in [1.165, 1.54) is 21.6 Å². The Morgan fingerprint density at radius 2 is 1.30 bits per heavy atom. The van der Waals surface area contributed by atoms with Crippen LogP contribution in [0.5, 0.6) is 5.75 Å². The first-order valence-corrected chi connectivity index (χ1v) is 9.48. The van der Waals surface area contributed by atoms with Crippen LogP contribution in [0.3, 0.4) is 0 Å². The van der Waals surface area contributed by atoms with Crippen molar-refractivity contribution in [3.8, 4) is 5.75 Å². The summed E-state index contributed by atoms with van der Waals surface area (Å²) in [7, 11) is 0. The van der Waals surface area contributed by atoms with Crippen molar-refractivity contribution >= 4 is 0 Å². The highest BCUT2D eigenvalue weighted by Gasteiger charge is 2.17. The van der Waals surface area contributed by atoms with Gasteiger partial charge in [0.2, 0.25) is 0 Å².